The molecule has 0 spiro atoms. The van der Waals surface area contributed by atoms with Crippen molar-refractivity contribution in [2.45, 2.75) is 32.9 Å². The second-order valence-corrected chi connectivity index (χ2v) is 10.4. The molecule has 4 heterocycles. The first kappa shape index (κ1) is 28.3. The lowest BCUT2D eigenvalue weighted by Gasteiger charge is -2.36. The van der Waals surface area contributed by atoms with E-state index in [1.54, 1.807) is 36.7 Å². The van der Waals surface area contributed by atoms with Crippen molar-refractivity contribution in [2.75, 3.05) is 56.2 Å². The number of anilines is 3. The molecule has 4 aromatic rings. The van der Waals surface area contributed by atoms with Crippen molar-refractivity contribution < 1.29 is 9.84 Å². The number of fused-ring (bicyclic) bond motifs is 1. The third kappa shape index (κ3) is 6.25. The van der Waals surface area contributed by atoms with E-state index in [9.17, 15) is 9.90 Å². The molecule has 0 saturated carbocycles. The quantitative estimate of drug-likeness (QED) is 0.225. The van der Waals surface area contributed by atoms with Crippen molar-refractivity contribution in [2.24, 2.45) is 0 Å². The first-order valence-corrected chi connectivity index (χ1v) is 13.8. The van der Waals surface area contributed by atoms with Crippen LogP contribution in [0, 0.1) is 12.3 Å². The molecule has 0 radical (unpaired) electrons. The minimum absolute atomic E-state index is 0.0224. The van der Waals surface area contributed by atoms with Gasteiger partial charge in [0.15, 0.2) is 11.5 Å². The number of rotatable bonds is 10. The summed E-state index contributed by atoms with van der Waals surface area (Å²) in [5, 5.41) is 14.1. The van der Waals surface area contributed by atoms with Gasteiger partial charge in [-0.05, 0) is 57.2 Å². The highest BCUT2D eigenvalue weighted by Crippen LogP contribution is 2.23. The van der Waals surface area contributed by atoms with Crippen LogP contribution in [-0.4, -0.2) is 80.3 Å². The molecule has 214 valence electrons. The normalized spacial score (nSPS) is 14.4. The smallest absolute Gasteiger partial charge is 0.279 e. The second-order valence-electron chi connectivity index (χ2n) is 10.4. The zero-order valence-electron chi connectivity index (χ0n) is 23.7. The molecule has 41 heavy (non-hydrogen) atoms. The van der Waals surface area contributed by atoms with Crippen LogP contribution in [0.2, 0.25) is 0 Å². The Morgan fingerprint density at radius 3 is 2.54 bits per heavy atom. The molecule has 0 atom stereocenters. The van der Waals surface area contributed by atoms with Crippen LogP contribution in [-0.2, 0) is 16.9 Å². The van der Waals surface area contributed by atoms with E-state index in [0.717, 1.165) is 57.3 Å². The van der Waals surface area contributed by atoms with Gasteiger partial charge in [0.2, 0.25) is 5.95 Å². The average Bonchev–Trinajstić information content (AvgIpc) is 3.24. The maximum Gasteiger partial charge on any atom is 0.279 e. The first-order chi connectivity index (χ1) is 19.8. The molecule has 0 amide bonds. The minimum Gasteiger partial charge on any atom is -0.384 e. The molecule has 1 aromatic carbocycles. The number of nitrogens with zero attached hydrogens (tertiary/aromatic N) is 7. The molecular weight excluding hydrogens is 520 g/mol. The predicted molar refractivity (Wildman–Crippen MR) is 160 cm³/mol. The van der Waals surface area contributed by atoms with E-state index in [-0.39, 0.29) is 12.1 Å². The van der Waals surface area contributed by atoms with E-state index >= 15 is 0 Å². The maximum absolute atomic E-state index is 13.2. The molecule has 1 aliphatic heterocycles. The summed E-state index contributed by atoms with van der Waals surface area (Å²) < 4.78 is 8.46. The molecule has 11 heteroatoms. The Kier molecular flexibility index (Phi) is 8.35. The van der Waals surface area contributed by atoms with Gasteiger partial charge in [-0.2, -0.15) is 4.98 Å². The average molecular weight is 557 g/mol. The van der Waals surface area contributed by atoms with Crippen LogP contribution in [0.25, 0.3) is 16.9 Å². The number of nitrogens with one attached hydrogen (secondary N) is 1. The topological polar surface area (TPSA) is 114 Å². The number of ether oxygens (including phenoxy) is 1. The number of benzene rings is 1. The molecule has 0 aliphatic carbocycles. The number of hydrogen-bond donors (Lipinski definition) is 2. The highest BCUT2D eigenvalue weighted by molar-refractivity contribution is 5.77. The fourth-order valence-corrected chi connectivity index (χ4v) is 4.89. The molecule has 1 fully saturated rings. The van der Waals surface area contributed by atoms with E-state index in [1.165, 1.54) is 10.9 Å². The van der Waals surface area contributed by atoms with Gasteiger partial charge in [0.1, 0.15) is 17.5 Å². The van der Waals surface area contributed by atoms with Gasteiger partial charge in [0, 0.05) is 56.9 Å². The molecule has 2 N–H and O–H groups in total. The van der Waals surface area contributed by atoms with Crippen LogP contribution < -0.4 is 15.8 Å². The number of hydrogen-bond acceptors (Lipinski definition) is 9. The fourth-order valence-electron chi connectivity index (χ4n) is 4.89. The summed E-state index contributed by atoms with van der Waals surface area (Å²) in [5.74, 6) is 3.28. The maximum atomic E-state index is 13.2. The van der Waals surface area contributed by atoms with Gasteiger partial charge in [0.25, 0.3) is 5.56 Å². The standard InChI is InChI=1S/C30H36N8O3/c1-5-14-37-28(39)24-21-31-29(34-27(24)38(37)26-9-7-8-25(33-26)30(3,4)40)32-22-10-12-23(13-11-22)36-17-15-35(16-18-36)19-20-41-6-2/h1,7-13,21,40H,6,14-20H2,2-4H3,(H,31,32,34). The Morgan fingerprint density at radius 1 is 1.10 bits per heavy atom. The third-order valence-corrected chi connectivity index (χ3v) is 7.11. The van der Waals surface area contributed by atoms with Crippen LogP contribution in [0.4, 0.5) is 17.3 Å². The lowest BCUT2D eigenvalue weighted by atomic mass is 10.1. The summed E-state index contributed by atoms with van der Waals surface area (Å²) in [4.78, 5) is 31.7. The van der Waals surface area contributed by atoms with Crippen molar-refractivity contribution >= 4 is 28.4 Å². The van der Waals surface area contributed by atoms with Crippen LogP contribution in [0.3, 0.4) is 0 Å². The van der Waals surface area contributed by atoms with E-state index in [4.69, 9.17) is 11.2 Å². The molecule has 1 aliphatic rings. The number of terminal acetylenes is 1. The van der Waals surface area contributed by atoms with Crippen LogP contribution in [0.1, 0.15) is 26.5 Å². The summed E-state index contributed by atoms with van der Waals surface area (Å²) >= 11 is 0. The molecule has 3 aromatic heterocycles. The van der Waals surface area contributed by atoms with E-state index in [1.807, 2.05) is 19.1 Å². The van der Waals surface area contributed by atoms with Crippen molar-refractivity contribution in [3.8, 4) is 18.2 Å². The van der Waals surface area contributed by atoms with Crippen LogP contribution >= 0.6 is 0 Å². The van der Waals surface area contributed by atoms with Gasteiger partial charge >= 0.3 is 0 Å². The summed E-state index contributed by atoms with van der Waals surface area (Å²) in [5.41, 5.74) is 1.32. The van der Waals surface area contributed by atoms with E-state index in [0.29, 0.717) is 28.5 Å². The van der Waals surface area contributed by atoms with Gasteiger partial charge in [-0.25, -0.2) is 19.3 Å². The van der Waals surface area contributed by atoms with Gasteiger partial charge in [-0.1, -0.05) is 12.0 Å². The van der Waals surface area contributed by atoms with Gasteiger partial charge in [-0.15, -0.1) is 6.42 Å². The SMILES string of the molecule is C#CCn1c(=O)c2cnc(Nc3ccc(N4CCN(CCOCC)CC4)cc3)nc2n1-c1cccc(C(C)(C)O)n1. The summed E-state index contributed by atoms with van der Waals surface area (Å²) in [6, 6.07) is 13.4. The molecule has 0 bridgehead atoms. The van der Waals surface area contributed by atoms with Crippen molar-refractivity contribution in [3.63, 3.8) is 0 Å². The van der Waals surface area contributed by atoms with Crippen LogP contribution in [0.15, 0.2) is 53.5 Å². The predicted octanol–water partition coefficient (Wildman–Crippen LogP) is 2.74. The monoisotopic (exact) mass is 556 g/mol. The van der Waals surface area contributed by atoms with Gasteiger partial charge < -0.3 is 20.1 Å². The van der Waals surface area contributed by atoms with Crippen molar-refractivity contribution in [3.05, 3.63) is 64.7 Å². The largest absolute Gasteiger partial charge is 0.384 e. The zero-order valence-corrected chi connectivity index (χ0v) is 23.7. The Balaban J connectivity index is 1.37. The molecule has 1 saturated heterocycles. The number of aromatic nitrogens is 5. The summed E-state index contributed by atoms with van der Waals surface area (Å²) in [6.45, 7) is 11.8. The third-order valence-electron chi connectivity index (χ3n) is 7.11. The Morgan fingerprint density at radius 2 is 1.85 bits per heavy atom. The first-order valence-electron chi connectivity index (χ1n) is 13.8. The zero-order chi connectivity index (χ0) is 29.0. The lowest BCUT2D eigenvalue weighted by Crippen LogP contribution is -2.47. The molecule has 11 nitrogen and oxygen atoms in total. The number of pyridine rings is 1. The summed E-state index contributed by atoms with van der Waals surface area (Å²) in [7, 11) is 0. The Labute approximate surface area is 239 Å². The van der Waals surface area contributed by atoms with Crippen molar-refractivity contribution in [1.29, 1.82) is 0 Å². The van der Waals surface area contributed by atoms with E-state index in [2.05, 4.69) is 48.1 Å². The second kappa shape index (κ2) is 12.1. The van der Waals surface area contributed by atoms with E-state index < -0.39 is 5.60 Å². The van der Waals surface area contributed by atoms with Crippen molar-refractivity contribution in [1.82, 2.24) is 29.2 Å². The fraction of sp³-hybridized carbons (Fsp3) is 0.400. The van der Waals surface area contributed by atoms with Gasteiger partial charge in [-0.3, -0.25) is 9.69 Å². The molecular formula is C30H36N8O3. The summed E-state index contributed by atoms with van der Waals surface area (Å²) in [6.07, 6.45) is 7.08. The molecule has 5 rings (SSSR count). The lowest BCUT2D eigenvalue weighted by molar-refractivity contribution is 0.0738. The highest BCUT2D eigenvalue weighted by atomic mass is 16.5. The number of piperazine rings is 1. The Hall–Kier alpha value is -4.24. The minimum atomic E-state index is -1.17. The number of aliphatic hydroxyl groups is 1. The van der Waals surface area contributed by atoms with Crippen LogP contribution in [0.5, 0.6) is 0 Å². The Bertz CT molecular complexity index is 1590. The highest BCUT2D eigenvalue weighted by Gasteiger charge is 2.22. The molecule has 0 unspecified atom stereocenters. The van der Waals surface area contributed by atoms with Gasteiger partial charge in [0.05, 0.1) is 12.3 Å².